The first kappa shape index (κ1) is 16.3. The number of aromatic nitrogens is 1. The van der Waals surface area contributed by atoms with Crippen LogP contribution in [0.25, 0.3) is 10.9 Å². The van der Waals surface area contributed by atoms with Crippen LogP contribution in [0.15, 0.2) is 36.5 Å². The van der Waals surface area contributed by atoms with Crippen LogP contribution >= 0.6 is 0 Å². The Kier molecular flexibility index (Phi) is 6.19. The van der Waals surface area contributed by atoms with Crippen molar-refractivity contribution in [3.05, 3.63) is 36.5 Å². The largest absolute Gasteiger partial charge is 0.356 e. The molecule has 2 rings (SSSR count). The second kappa shape index (κ2) is 8.37. The average Bonchev–Trinajstić information content (AvgIpc) is 2.96. The first-order chi connectivity index (χ1) is 10.7. The van der Waals surface area contributed by atoms with Crippen molar-refractivity contribution >= 4 is 22.7 Å². The van der Waals surface area contributed by atoms with Crippen LogP contribution in [0.5, 0.6) is 0 Å². The molecule has 4 nitrogen and oxygen atoms in total. The molecule has 0 unspecified atom stereocenters. The van der Waals surface area contributed by atoms with Crippen molar-refractivity contribution in [3.63, 3.8) is 0 Å². The number of para-hydroxylation sites is 1. The molecule has 0 atom stereocenters. The number of fused-ring (bicyclic) bond motifs is 1. The second-order valence-electron chi connectivity index (χ2n) is 5.55. The molecular formula is C18H24N2O2. The number of hydrogen-bond donors (Lipinski definition) is 1. The molecule has 0 aliphatic carbocycles. The summed E-state index contributed by atoms with van der Waals surface area (Å²) in [5.41, 5.74) is 0.896. The first-order valence-electron chi connectivity index (χ1n) is 8.08. The van der Waals surface area contributed by atoms with Crippen LogP contribution in [0.2, 0.25) is 0 Å². The predicted molar refractivity (Wildman–Crippen MR) is 89.0 cm³/mol. The normalized spacial score (nSPS) is 10.8. The van der Waals surface area contributed by atoms with E-state index in [0.717, 1.165) is 23.7 Å². The van der Waals surface area contributed by atoms with E-state index in [9.17, 15) is 9.59 Å². The quantitative estimate of drug-likeness (QED) is 0.755. The minimum Gasteiger partial charge on any atom is -0.356 e. The molecule has 118 valence electrons. The molecule has 1 heterocycles. The van der Waals surface area contributed by atoms with Crippen molar-refractivity contribution < 1.29 is 9.59 Å². The van der Waals surface area contributed by atoms with E-state index in [1.807, 2.05) is 30.3 Å². The van der Waals surface area contributed by atoms with Gasteiger partial charge < -0.3 is 5.32 Å². The number of unbranched alkanes of at least 4 members (excludes halogenated alkanes) is 3. The van der Waals surface area contributed by atoms with Gasteiger partial charge in [0.25, 0.3) is 0 Å². The van der Waals surface area contributed by atoms with Crippen LogP contribution in [-0.4, -0.2) is 22.9 Å². The summed E-state index contributed by atoms with van der Waals surface area (Å²) in [5, 5.41) is 3.92. The minimum atomic E-state index is -0.0405. The van der Waals surface area contributed by atoms with E-state index in [1.54, 1.807) is 10.8 Å². The zero-order valence-electron chi connectivity index (χ0n) is 13.2. The number of benzene rings is 1. The lowest BCUT2D eigenvalue weighted by Gasteiger charge is -2.06. The third kappa shape index (κ3) is 4.45. The Morgan fingerprint density at radius 3 is 2.68 bits per heavy atom. The van der Waals surface area contributed by atoms with E-state index >= 15 is 0 Å². The Hall–Kier alpha value is -2.10. The fourth-order valence-corrected chi connectivity index (χ4v) is 2.51. The Balaban J connectivity index is 1.77. The highest BCUT2D eigenvalue weighted by Gasteiger charge is 2.10. The lowest BCUT2D eigenvalue weighted by molar-refractivity contribution is -0.121. The summed E-state index contributed by atoms with van der Waals surface area (Å²) in [7, 11) is 0. The Morgan fingerprint density at radius 2 is 1.86 bits per heavy atom. The van der Waals surface area contributed by atoms with Crippen molar-refractivity contribution in [2.45, 2.75) is 45.4 Å². The van der Waals surface area contributed by atoms with Crippen molar-refractivity contribution in [2.75, 3.05) is 6.54 Å². The molecule has 1 amide bonds. The molecule has 0 aliphatic heterocycles. The van der Waals surface area contributed by atoms with E-state index < -0.39 is 0 Å². The third-order valence-electron chi connectivity index (χ3n) is 3.79. The van der Waals surface area contributed by atoms with Gasteiger partial charge in [0.05, 0.1) is 5.52 Å². The average molecular weight is 300 g/mol. The van der Waals surface area contributed by atoms with E-state index in [4.69, 9.17) is 0 Å². The van der Waals surface area contributed by atoms with Crippen LogP contribution in [0.1, 0.15) is 50.2 Å². The van der Waals surface area contributed by atoms with Gasteiger partial charge in [0, 0.05) is 31.0 Å². The van der Waals surface area contributed by atoms with Crippen LogP contribution < -0.4 is 5.32 Å². The van der Waals surface area contributed by atoms with Crippen molar-refractivity contribution in [3.8, 4) is 0 Å². The van der Waals surface area contributed by atoms with Gasteiger partial charge in [0.2, 0.25) is 11.8 Å². The summed E-state index contributed by atoms with van der Waals surface area (Å²) in [4.78, 5) is 24.0. The first-order valence-corrected chi connectivity index (χ1v) is 8.08. The zero-order chi connectivity index (χ0) is 15.8. The number of rotatable bonds is 8. The predicted octanol–water partition coefficient (Wildman–Crippen LogP) is 3.76. The van der Waals surface area contributed by atoms with Crippen LogP contribution in [-0.2, 0) is 4.79 Å². The lowest BCUT2D eigenvalue weighted by atomic mass is 10.2. The molecule has 0 saturated heterocycles. The van der Waals surface area contributed by atoms with Crippen LogP contribution in [0.3, 0.4) is 0 Å². The fourth-order valence-electron chi connectivity index (χ4n) is 2.51. The molecule has 1 aromatic carbocycles. The Morgan fingerprint density at radius 1 is 1.05 bits per heavy atom. The van der Waals surface area contributed by atoms with Gasteiger partial charge >= 0.3 is 0 Å². The van der Waals surface area contributed by atoms with Crippen molar-refractivity contribution in [1.29, 1.82) is 0 Å². The zero-order valence-corrected chi connectivity index (χ0v) is 13.2. The topological polar surface area (TPSA) is 51.1 Å². The number of carbonyl (C=O) groups excluding carboxylic acids is 2. The van der Waals surface area contributed by atoms with Gasteiger partial charge in [-0.2, -0.15) is 0 Å². The number of nitrogens with zero attached hydrogens (tertiary/aromatic N) is 1. The van der Waals surface area contributed by atoms with E-state index in [1.165, 1.54) is 12.8 Å². The summed E-state index contributed by atoms with van der Waals surface area (Å²) < 4.78 is 1.63. The van der Waals surface area contributed by atoms with Gasteiger partial charge in [-0.1, -0.05) is 44.4 Å². The molecule has 0 radical (unpaired) electrons. The minimum absolute atomic E-state index is 0.0395. The van der Waals surface area contributed by atoms with Gasteiger partial charge in [-0.3, -0.25) is 14.2 Å². The van der Waals surface area contributed by atoms with Gasteiger partial charge in [-0.05, 0) is 18.6 Å². The van der Waals surface area contributed by atoms with Gasteiger partial charge in [0.15, 0.2) is 0 Å². The maximum atomic E-state index is 12.2. The van der Waals surface area contributed by atoms with E-state index in [0.29, 0.717) is 6.54 Å². The molecule has 0 saturated carbocycles. The Labute approximate surface area is 131 Å². The molecule has 4 heteroatoms. The maximum Gasteiger partial charge on any atom is 0.231 e. The highest BCUT2D eigenvalue weighted by atomic mass is 16.2. The molecule has 0 aliphatic rings. The number of hydrogen-bond acceptors (Lipinski definition) is 2. The van der Waals surface area contributed by atoms with E-state index in [2.05, 4.69) is 12.2 Å². The molecule has 1 N–H and O–H groups in total. The van der Waals surface area contributed by atoms with Crippen LogP contribution in [0, 0.1) is 0 Å². The maximum absolute atomic E-state index is 12.2. The van der Waals surface area contributed by atoms with Crippen molar-refractivity contribution in [1.82, 2.24) is 9.88 Å². The Bertz CT molecular complexity index is 631. The second-order valence-corrected chi connectivity index (χ2v) is 5.55. The highest BCUT2D eigenvalue weighted by molar-refractivity contribution is 5.93. The van der Waals surface area contributed by atoms with Gasteiger partial charge in [0.1, 0.15) is 0 Å². The molecule has 0 fully saturated rings. The summed E-state index contributed by atoms with van der Waals surface area (Å²) in [6, 6.07) is 9.67. The molecule has 2 aromatic rings. The third-order valence-corrected chi connectivity index (χ3v) is 3.79. The van der Waals surface area contributed by atoms with Gasteiger partial charge in [-0.15, -0.1) is 0 Å². The lowest BCUT2D eigenvalue weighted by Crippen LogP contribution is -2.25. The van der Waals surface area contributed by atoms with Crippen molar-refractivity contribution in [2.24, 2.45) is 0 Å². The molecule has 0 bridgehead atoms. The highest BCUT2D eigenvalue weighted by Crippen LogP contribution is 2.15. The molecule has 0 spiro atoms. The fraction of sp³-hybridized carbons (Fsp3) is 0.444. The standard InChI is InChI=1S/C18H24N2O2/c1-2-3-4-7-13-19-17(21)10-11-18(22)20-14-12-15-8-5-6-9-16(15)20/h5-6,8-9,12,14H,2-4,7,10-11,13H2,1H3,(H,19,21). The number of carbonyl (C=O) groups is 2. The molecule has 1 aromatic heterocycles. The number of amides is 1. The number of nitrogens with one attached hydrogen (secondary N) is 1. The summed E-state index contributed by atoms with van der Waals surface area (Å²) >= 11 is 0. The van der Waals surface area contributed by atoms with E-state index in [-0.39, 0.29) is 24.7 Å². The monoisotopic (exact) mass is 300 g/mol. The summed E-state index contributed by atoms with van der Waals surface area (Å²) in [6.07, 6.45) is 6.80. The molecule has 22 heavy (non-hydrogen) atoms. The van der Waals surface area contributed by atoms with Gasteiger partial charge in [-0.25, -0.2) is 0 Å². The SMILES string of the molecule is CCCCCCNC(=O)CCC(=O)n1ccc2ccccc21. The molecular weight excluding hydrogens is 276 g/mol. The smallest absolute Gasteiger partial charge is 0.231 e. The summed E-state index contributed by atoms with van der Waals surface area (Å²) in [5.74, 6) is -0.0800. The van der Waals surface area contributed by atoms with Crippen LogP contribution in [0.4, 0.5) is 0 Å². The summed E-state index contributed by atoms with van der Waals surface area (Å²) in [6.45, 7) is 2.87.